The molecule has 0 amide bonds. The van der Waals surface area contributed by atoms with Gasteiger partial charge in [0.15, 0.2) is 0 Å². The molecule has 3 rings (SSSR count). The molecule has 3 aromatic rings. The Hall–Kier alpha value is -2.30. The van der Waals surface area contributed by atoms with E-state index in [0.29, 0.717) is 5.52 Å². The zero-order valence-corrected chi connectivity index (χ0v) is 8.57. The SMILES string of the molecule is COc1ccc2[nH]c3c(=O)[nH]ncc3c2c1. The second kappa shape index (κ2) is 3.10. The summed E-state index contributed by atoms with van der Waals surface area (Å²) in [5.74, 6) is 0.758. The monoisotopic (exact) mass is 215 g/mol. The van der Waals surface area contributed by atoms with Crippen LogP contribution in [0.2, 0.25) is 0 Å². The lowest BCUT2D eigenvalue weighted by molar-refractivity contribution is 0.415. The first-order valence-corrected chi connectivity index (χ1v) is 4.83. The van der Waals surface area contributed by atoms with Crippen molar-refractivity contribution in [2.24, 2.45) is 0 Å². The Morgan fingerprint density at radius 2 is 2.19 bits per heavy atom. The summed E-state index contributed by atoms with van der Waals surface area (Å²) in [5.41, 5.74) is 1.22. The van der Waals surface area contributed by atoms with Crippen LogP contribution >= 0.6 is 0 Å². The van der Waals surface area contributed by atoms with Gasteiger partial charge in [0, 0.05) is 16.3 Å². The third-order valence-electron chi connectivity index (χ3n) is 2.63. The summed E-state index contributed by atoms with van der Waals surface area (Å²) in [6.07, 6.45) is 1.63. The van der Waals surface area contributed by atoms with Crippen LogP contribution in [0, 0.1) is 0 Å². The van der Waals surface area contributed by atoms with Crippen LogP contribution in [0.15, 0.2) is 29.2 Å². The van der Waals surface area contributed by atoms with Gasteiger partial charge in [0.25, 0.3) is 5.56 Å². The van der Waals surface area contributed by atoms with E-state index in [0.717, 1.165) is 22.0 Å². The average molecular weight is 215 g/mol. The molecule has 0 fully saturated rings. The molecule has 2 N–H and O–H groups in total. The van der Waals surface area contributed by atoms with Crippen molar-refractivity contribution in [1.29, 1.82) is 0 Å². The molecule has 5 nitrogen and oxygen atoms in total. The Labute approximate surface area is 90.1 Å². The Balaban J connectivity index is 2.52. The highest BCUT2D eigenvalue weighted by Gasteiger charge is 2.07. The van der Waals surface area contributed by atoms with Crippen LogP contribution in [0.4, 0.5) is 0 Å². The van der Waals surface area contributed by atoms with Crippen LogP contribution in [-0.2, 0) is 0 Å². The number of hydrogen-bond donors (Lipinski definition) is 2. The normalized spacial score (nSPS) is 11.1. The fourth-order valence-electron chi connectivity index (χ4n) is 1.84. The molecule has 0 aliphatic carbocycles. The molecule has 0 saturated carbocycles. The van der Waals surface area contributed by atoms with Crippen molar-refractivity contribution in [3.05, 3.63) is 34.7 Å². The van der Waals surface area contributed by atoms with E-state index in [2.05, 4.69) is 15.2 Å². The number of aromatic nitrogens is 3. The molecule has 16 heavy (non-hydrogen) atoms. The van der Waals surface area contributed by atoms with Gasteiger partial charge in [-0.15, -0.1) is 0 Å². The van der Waals surface area contributed by atoms with Gasteiger partial charge in [0.2, 0.25) is 0 Å². The van der Waals surface area contributed by atoms with E-state index >= 15 is 0 Å². The van der Waals surface area contributed by atoms with E-state index in [1.807, 2.05) is 18.2 Å². The van der Waals surface area contributed by atoms with Crippen LogP contribution in [0.1, 0.15) is 0 Å². The smallest absolute Gasteiger partial charge is 0.288 e. The largest absolute Gasteiger partial charge is 0.497 e. The minimum absolute atomic E-state index is 0.215. The van der Waals surface area contributed by atoms with E-state index in [4.69, 9.17) is 4.74 Å². The van der Waals surface area contributed by atoms with Crippen molar-refractivity contribution >= 4 is 21.8 Å². The number of benzene rings is 1. The molecular weight excluding hydrogens is 206 g/mol. The number of rotatable bonds is 1. The minimum Gasteiger partial charge on any atom is -0.497 e. The van der Waals surface area contributed by atoms with Crippen molar-refractivity contribution in [2.45, 2.75) is 0 Å². The number of nitrogens with zero attached hydrogens (tertiary/aromatic N) is 1. The first kappa shape index (κ1) is 8.96. The predicted octanol–water partition coefficient (Wildman–Crippen LogP) is 1.41. The quantitative estimate of drug-likeness (QED) is 0.644. The maximum atomic E-state index is 11.5. The highest BCUT2D eigenvalue weighted by atomic mass is 16.5. The molecule has 2 aromatic heterocycles. The summed E-state index contributed by atoms with van der Waals surface area (Å²) in [6, 6.07) is 5.61. The Morgan fingerprint density at radius 1 is 1.31 bits per heavy atom. The molecule has 0 bridgehead atoms. The number of aromatic amines is 2. The number of fused-ring (bicyclic) bond motifs is 3. The van der Waals surface area contributed by atoms with Gasteiger partial charge in [-0.05, 0) is 18.2 Å². The second-order valence-electron chi connectivity index (χ2n) is 3.52. The number of ether oxygens (including phenoxy) is 1. The lowest BCUT2D eigenvalue weighted by Crippen LogP contribution is -2.06. The molecule has 0 spiro atoms. The first-order valence-electron chi connectivity index (χ1n) is 4.83. The number of hydrogen-bond acceptors (Lipinski definition) is 3. The minimum atomic E-state index is -0.215. The molecule has 1 aromatic carbocycles. The van der Waals surface area contributed by atoms with Crippen LogP contribution in [0.25, 0.3) is 21.8 Å². The number of methoxy groups -OCH3 is 1. The first-order chi connectivity index (χ1) is 7.79. The molecule has 0 aliphatic rings. The summed E-state index contributed by atoms with van der Waals surface area (Å²) >= 11 is 0. The van der Waals surface area contributed by atoms with Crippen LogP contribution in [0.5, 0.6) is 5.75 Å². The summed E-state index contributed by atoms with van der Waals surface area (Å²) in [6.45, 7) is 0. The Kier molecular flexibility index (Phi) is 1.73. The van der Waals surface area contributed by atoms with Crippen molar-refractivity contribution in [1.82, 2.24) is 15.2 Å². The van der Waals surface area contributed by atoms with Gasteiger partial charge < -0.3 is 9.72 Å². The van der Waals surface area contributed by atoms with Gasteiger partial charge >= 0.3 is 0 Å². The zero-order chi connectivity index (χ0) is 11.1. The molecular formula is C11H9N3O2. The van der Waals surface area contributed by atoms with Gasteiger partial charge in [-0.1, -0.05) is 0 Å². The third-order valence-corrected chi connectivity index (χ3v) is 2.63. The predicted molar refractivity (Wildman–Crippen MR) is 60.8 cm³/mol. The van der Waals surface area contributed by atoms with E-state index in [9.17, 15) is 4.79 Å². The fraction of sp³-hybridized carbons (Fsp3) is 0.0909. The lowest BCUT2D eigenvalue weighted by atomic mass is 10.2. The summed E-state index contributed by atoms with van der Waals surface area (Å²) in [5, 5.41) is 7.93. The van der Waals surface area contributed by atoms with Crippen molar-refractivity contribution in [2.75, 3.05) is 7.11 Å². The highest BCUT2D eigenvalue weighted by molar-refractivity contribution is 6.06. The summed E-state index contributed by atoms with van der Waals surface area (Å²) in [4.78, 5) is 14.6. The third kappa shape index (κ3) is 1.11. The maximum Gasteiger partial charge on any atom is 0.288 e. The van der Waals surface area contributed by atoms with Gasteiger partial charge in [-0.25, -0.2) is 5.10 Å². The molecule has 5 heteroatoms. The van der Waals surface area contributed by atoms with Crippen molar-refractivity contribution in [3.63, 3.8) is 0 Å². The van der Waals surface area contributed by atoms with Gasteiger partial charge in [-0.2, -0.15) is 5.10 Å². The molecule has 0 aliphatic heterocycles. The Bertz CT molecular complexity index is 727. The molecule has 0 unspecified atom stereocenters. The van der Waals surface area contributed by atoms with E-state index < -0.39 is 0 Å². The lowest BCUT2D eigenvalue weighted by Gasteiger charge is -1.98. The molecule has 0 saturated heterocycles. The molecule has 0 atom stereocenters. The van der Waals surface area contributed by atoms with Crippen LogP contribution in [0.3, 0.4) is 0 Å². The summed E-state index contributed by atoms with van der Waals surface area (Å²) in [7, 11) is 1.61. The number of H-pyrrole nitrogens is 2. The molecule has 0 radical (unpaired) electrons. The summed E-state index contributed by atoms with van der Waals surface area (Å²) < 4.78 is 5.15. The second-order valence-corrected chi connectivity index (χ2v) is 3.52. The number of nitrogens with one attached hydrogen (secondary N) is 2. The highest BCUT2D eigenvalue weighted by Crippen LogP contribution is 2.26. The average Bonchev–Trinajstić information content (AvgIpc) is 2.68. The van der Waals surface area contributed by atoms with Crippen LogP contribution in [-0.4, -0.2) is 22.3 Å². The van der Waals surface area contributed by atoms with E-state index in [1.54, 1.807) is 13.3 Å². The van der Waals surface area contributed by atoms with Gasteiger partial charge in [0.05, 0.1) is 13.3 Å². The van der Waals surface area contributed by atoms with Crippen molar-refractivity contribution < 1.29 is 4.74 Å². The van der Waals surface area contributed by atoms with Gasteiger partial charge in [-0.3, -0.25) is 4.79 Å². The van der Waals surface area contributed by atoms with E-state index in [-0.39, 0.29) is 5.56 Å². The zero-order valence-electron chi connectivity index (χ0n) is 8.57. The fourth-order valence-corrected chi connectivity index (χ4v) is 1.84. The molecule has 80 valence electrons. The standard InChI is InChI=1S/C11H9N3O2/c1-16-6-2-3-9-7(4-6)8-5-12-14-11(15)10(8)13-9/h2-5,13H,1H3,(H,14,15). The van der Waals surface area contributed by atoms with Crippen LogP contribution < -0.4 is 10.3 Å². The van der Waals surface area contributed by atoms with Gasteiger partial charge in [0.1, 0.15) is 11.3 Å². The van der Waals surface area contributed by atoms with Crippen molar-refractivity contribution in [3.8, 4) is 5.75 Å². The van der Waals surface area contributed by atoms with E-state index in [1.165, 1.54) is 0 Å². The topological polar surface area (TPSA) is 70.8 Å². The molecule has 2 heterocycles. The Morgan fingerprint density at radius 3 is 3.00 bits per heavy atom. The maximum absolute atomic E-state index is 11.5.